The van der Waals surface area contributed by atoms with E-state index < -0.39 is 0 Å². The Balaban J connectivity index is 1.93. The lowest BCUT2D eigenvalue weighted by Crippen LogP contribution is -2.57. The highest BCUT2D eigenvalue weighted by atomic mass is 16.5. The summed E-state index contributed by atoms with van der Waals surface area (Å²) in [6.45, 7) is 7.82. The van der Waals surface area contributed by atoms with Crippen LogP contribution in [0.1, 0.15) is 65.7 Å². The molecule has 1 aliphatic carbocycles. The number of rotatable bonds is 2. The second-order valence-electron chi connectivity index (χ2n) is 6.26. The Morgan fingerprint density at radius 2 is 2.06 bits per heavy atom. The lowest BCUT2D eigenvalue weighted by molar-refractivity contribution is -0.132. The molecule has 0 bridgehead atoms. The van der Waals surface area contributed by atoms with Crippen LogP contribution in [-0.2, 0) is 4.74 Å². The highest BCUT2D eigenvalue weighted by Crippen LogP contribution is 2.37. The van der Waals surface area contributed by atoms with E-state index in [9.17, 15) is 0 Å². The average molecular weight is 239 g/mol. The second-order valence-corrected chi connectivity index (χ2v) is 6.26. The molecule has 1 spiro atoms. The minimum absolute atomic E-state index is 0.161. The largest absolute Gasteiger partial charge is 0.369 e. The Hall–Kier alpha value is -0.0800. The Labute approximate surface area is 107 Å². The Bertz CT molecular complexity index is 243. The first kappa shape index (κ1) is 13.4. The van der Waals surface area contributed by atoms with E-state index >= 15 is 0 Å². The van der Waals surface area contributed by atoms with Crippen molar-refractivity contribution >= 4 is 0 Å². The van der Waals surface area contributed by atoms with Gasteiger partial charge in [0.25, 0.3) is 0 Å². The zero-order chi connectivity index (χ0) is 12.3. The van der Waals surface area contributed by atoms with Crippen LogP contribution < -0.4 is 5.32 Å². The van der Waals surface area contributed by atoms with E-state index in [4.69, 9.17) is 4.74 Å². The van der Waals surface area contributed by atoms with E-state index in [1.807, 2.05) is 0 Å². The molecule has 1 N–H and O–H groups in total. The predicted molar refractivity (Wildman–Crippen MR) is 72.2 cm³/mol. The highest BCUT2D eigenvalue weighted by molar-refractivity contribution is 4.93. The van der Waals surface area contributed by atoms with Crippen LogP contribution in [-0.4, -0.2) is 24.3 Å². The van der Waals surface area contributed by atoms with Crippen LogP contribution in [0.4, 0.5) is 0 Å². The van der Waals surface area contributed by atoms with E-state index in [1.165, 1.54) is 44.9 Å². The summed E-state index contributed by atoms with van der Waals surface area (Å²) in [5, 5.41) is 3.64. The van der Waals surface area contributed by atoms with Gasteiger partial charge in [-0.25, -0.2) is 0 Å². The first-order valence-electron chi connectivity index (χ1n) is 7.56. The molecular weight excluding hydrogens is 210 g/mol. The van der Waals surface area contributed by atoms with Gasteiger partial charge >= 0.3 is 0 Å². The highest BCUT2D eigenvalue weighted by Gasteiger charge is 2.39. The van der Waals surface area contributed by atoms with Crippen molar-refractivity contribution in [1.82, 2.24) is 5.32 Å². The van der Waals surface area contributed by atoms with Crippen LogP contribution in [0.15, 0.2) is 0 Å². The van der Waals surface area contributed by atoms with Gasteiger partial charge in [0.05, 0.1) is 11.7 Å². The van der Waals surface area contributed by atoms with Gasteiger partial charge in [0, 0.05) is 12.6 Å². The molecule has 2 aliphatic rings. The van der Waals surface area contributed by atoms with Crippen LogP contribution in [0.5, 0.6) is 0 Å². The zero-order valence-electron chi connectivity index (χ0n) is 11.8. The van der Waals surface area contributed by atoms with Crippen molar-refractivity contribution in [3.8, 4) is 0 Å². The normalized spacial score (nSPS) is 43.6. The Kier molecular flexibility index (Phi) is 4.48. The molecule has 1 aliphatic heterocycles. The summed E-state index contributed by atoms with van der Waals surface area (Å²) in [7, 11) is 0. The van der Waals surface area contributed by atoms with Crippen molar-refractivity contribution in [1.29, 1.82) is 0 Å². The van der Waals surface area contributed by atoms with E-state index in [2.05, 4.69) is 26.1 Å². The van der Waals surface area contributed by atoms with Gasteiger partial charge in [-0.15, -0.1) is 0 Å². The maximum absolute atomic E-state index is 6.37. The fourth-order valence-electron chi connectivity index (χ4n) is 3.49. The molecule has 2 heteroatoms. The molecule has 100 valence electrons. The first-order chi connectivity index (χ1) is 8.15. The lowest BCUT2D eigenvalue weighted by Gasteiger charge is -2.43. The summed E-state index contributed by atoms with van der Waals surface area (Å²) in [5.41, 5.74) is 0.161. The maximum atomic E-state index is 6.37. The van der Waals surface area contributed by atoms with Crippen molar-refractivity contribution in [2.24, 2.45) is 5.92 Å². The molecule has 1 saturated carbocycles. The Morgan fingerprint density at radius 3 is 2.76 bits per heavy atom. The standard InChI is InChI=1S/C15H29NO/c1-4-6-14-7-5-9-15(10-8-14)11-16-12(2)13(3)17-15/h12-14,16H,4-11H2,1-3H3. The molecule has 0 radical (unpaired) electrons. The number of morpholine rings is 1. The smallest absolute Gasteiger partial charge is 0.0810 e. The molecule has 2 nitrogen and oxygen atoms in total. The number of hydrogen-bond donors (Lipinski definition) is 1. The molecule has 1 saturated heterocycles. The molecule has 4 unspecified atom stereocenters. The third kappa shape index (κ3) is 3.23. The SMILES string of the molecule is CCCC1CCCC2(CC1)CNC(C)C(C)O2. The molecule has 2 rings (SSSR count). The van der Waals surface area contributed by atoms with E-state index in [1.54, 1.807) is 0 Å². The lowest BCUT2D eigenvalue weighted by atomic mass is 9.89. The van der Waals surface area contributed by atoms with Gasteiger partial charge in [-0.1, -0.05) is 32.6 Å². The fraction of sp³-hybridized carbons (Fsp3) is 1.00. The van der Waals surface area contributed by atoms with Crippen LogP contribution in [0.25, 0.3) is 0 Å². The fourth-order valence-corrected chi connectivity index (χ4v) is 3.49. The first-order valence-corrected chi connectivity index (χ1v) is 7.56. The van der Waals surface area contributed by atoms with Gasteiger partial charge in [0.2, 0.25) is 0 Å². The molecule has 0 aromatic rings. The van der Waals surface area contributed by atoms with Crippen LogP contribution in [0.3, 0.4) is 0 Å². The number of hydrogen-bond acceptors (Lipinski definition) is 2. The van der Waals surface area contributed by atoms with Crippen LogP contribution >= 0.6 is 0 Å². The van der Waals surface area contributed by atoms with E-state index in [-0.39, 0.29) is 5.60 Å². The molecule has 0 amide bonds. The van der Waals surface area contributed by atoms with Gasteiger partial charge in [-0.05, 0) is 39.0 Å². The van der Waals surface area contributed by atoms with Gasteiger partial charge in [-0.2, -0.15) is 0 Å². The minimum Gasteiger partial charge on any atom is -0.369 e. The monoisotopic (exact) mass is 239 g/mol. The summed E-state index contributed by atoms with van der Waals surface area (Å²) < 4.78 is 6.37. The van der Waals surface area contributed by atoms with Gasteiger partial charge in [0.15, 0.2) is 0 Å². The molecule has 0 aromatic carbocycles. The summed E-state index contributed by atoms with van der Waals surface area (Å²) >= 11 is 0. The van der Waals surface area contributed by atoms with Gasteiger partial charge in [0.1, 0.15) is 0 Å². The maximum Gasteiger partial charge on any atom is 0.0810 e. The van der Waals surface area contributed by atoms with Crippen LogP contribution in [0, 0.1) is 5.92 Å². The van der Waals surface area contributed by atoms with Crippen molar-refractivity contribution < 1.29 is 4.74 Å². The topological polar surface area (TPSA) is 21.3 Å². The quantitative estimate of drug-likeness (QED) is 0.796. The zero-order valence-corrected chi connectivity index (χ0v) is 11.8. The van der Waals surface area contributed by atoms with Crippen LogP contribution in [0.2, 0.25) is 0 Å². The van der Waals surface area contributed by atoms with E-state index in [0.717, 1.165) is 12.5 Å². The third-order valence-corrected chi connectivity index (χ3v) is 4.84. The summed E-state index contributed by atoms with van der Waals surface area (Å²) in [4.78, 5) is 0. The van der Waals surface area contributed by atoms with Crippen molar-refractivity contribution in [3.63, 3.8) is 0 Å². The summed E-state index contributed by atoms with van der Waals surface area (Å²) in [6.07, 6.45) is 9.79. The molecule has 1 heterocycles. The molecule has 4 atom stereocenters. The second kappa shape index (κ2) is 5.71. The molecule has 17 heavy (non-hydrogen) atoms. The molecule has 2 fully saturated rings. The summed E-state index contributed by atoms with van der Waals surface area (Å²) in [6, 6.07) is 0.510. The Morgan fingerprint density at radius 1 is 1.24 bits per heavy atom. The van der Waals surface area contributed by atoms with Gasteiger partial charge in [-0.3, -0.25) is 0 Å². The molecule has 0 aromatic heterocycles. The third-order valence-electron chi connectivity index (χ3n) is 4.84. The number of ether oxygens (including phenoxy) is 1. The minimum atomic E-state index is 0.161. The molecular formula is C15H29NO. The van der Waals surface area contributed by atoms with E-state index in [0.29, 0.717) is 12.1 Å². The van der Waals surface area contributed by atoms with Crippen molar-refractivity contribution in [2.45, 2.75) is 83.5 Å². The van der Waals surface area contributed by atoms with Crippen molar-refractivity contribution in [2.75, 3.05) is 6.54 Å². The summed E-state index contributed by atoms with van der Waals surface area (Å²) in [5.74, 6) is 0.956. The predicted octanol–water partition coefficient (Wildman–Crippen LogP) is 3.50. The van der Waals surface area contributed by atoms with Gasteiger partial charge < -0.3 is 10.1 Å². The number of nitrogens with one attached hydrogen (secondary N) is 1. The van der Waals surface area contributed by atoms with Crippen molar-refractivity contribution in [3.05, 3.63) is 0 Å². The average Bonchev–Trinajstić information content (AvgIpc) is 2.49.